The molecule has 0 aliphatic rings. The maximum absolute atomic E-state index is 13.2. The summed E-state index contributed by atoms with van der Waals surface area (Å²) in [5.74, 6) is 0.886. The van der Waals surface area contributed by atoms with Gasteiger partial charge in [0.1, 0.15) is 11.3 Å². The summed E-state index contributed by atoms with van der Waals surface area (Å²) < 4.78 is 14.8. The zero-order valence-electron chi connectivity index (χ0n) is 13.7. The van der Waals surface area contributed by atoms with E-state index in [4.69, 9.17) is 0 Å². The normalized spacial score (nSPS) is 12.2. The summed E-state index contributed by atoms with van der Waals surface area (Å²) in [7, 11) is 0. The number of halogens is 1. The molecule has 1 unspecified atom stereocenters. The number of H-pyrrole nitrogens is 1. The molecule has 8 nitrogen and oxygen atoms in total. The van der Waals surface area contributed by atoms with Gasteiger partial charge in [-0.3, -0.25) is 5.10 Å². The Bertz CT molecular complexity index is 1070. The van der Waals surface area contributed by atoms with Crippen LogP contribution in [0.25, 0.3) is 5.52 Å². The van der Waals surface area contributed by atoms with Crippen LogP contribution in [0.2, 0.25) is 0 Å². The van der Waals surface area contributed by atoms with Gasteiger partial charge in [0.15, 0.2) is 23.5 Å². The molecule has 9 heteroatoms. The molecule has 3 aromatic heterocycles. The summed E-state index contributed by atoms with van der Waals surface area (Å²) in [6.45, 7) is 1.89. The van der Waals surface area contributed by atoms with Crippen LogP contribution in [-0.2, 0) is 0 Å². The van der Waals surface area contributed by atoms with Crippen LogP contribution in [0.15, 0.2) is 53.8 Å². The smallest absolute Gasteiger partial charge is 0.184 e. The molecule has 1 atom stereocenters. The zero-order chi connectivity index (χ0) is 18.1. The molecule has 3 heterocycles. The van der Waals surface area contributed by atoms with Crippen molar-refractivity contribution in [1.82, 2.24) is 24.8 Å². The van der Waals surface area contributed by atoms with Crippen LogP contribution in [0.1, 0.15) is 23.1 Å². The van der Waals surface area contributed by atoms with Gasteiger partial charge in [0.2, 0.25) is 0 Å². The van der Waals surface area contributed by atoms with Crippen LogP contribution in [0, 0.1) is 17.6 Å². The fourth-order valence-corrected chi connectivity index (χ4v) is 2.66. The van der Waals surface area contributed by atoms with Gasteiger partial charge >= 0.3 is 0 Å². The molecule has 4 aromatic rings. The highest BCUT2D eigenvalue weighted by molar-refractivity contribution is 5.72. The SMILES string of the molecule is Cc1cc(Nc2nc(C(N=O)c3ccc(F)cc3)nn3cccc23)n[nH]1. The molecular formula is C17H14FN7O. The van der Waals surface area contributed by atoms with E-state index in [0.717, 1.165) is 11.2 Å². The predicted molar refractivity (Wildman–Crippen MR) is 93.6 cm³/mol. The monoisotopic (exact) mass is 351 g/mol. The van der Waals surface area contributed by atoms with Crippen LogP contribution >= 0.6 is 0 Å². The largest absolute Gasteiger partial charge is 0.322 e. The number of hydrogen-bond acceptors (Lipinski definition) is 6. The van der Waals surface area contributed by atoms with Gasteiger partial charge in [-0.25, -0.2) is 13.9 Å². The van der Waals surface area contributed by atoms with Gasteiger partial charge in [0.05, 0.1) is 0 Å². The number of nitroso groups, excluding NO2 is 1. The van der Waals surface area contributed by atoms with Crippen molar-refractivity contribution in [3.05, 3.63) is 76.5 Å². The van der Waals surface area contributed by atoms with Gasteiger partial charge in [0.25, 0.3) is 0 Å². The Morgan fingerprint density at radius 3 is 2.77 bits per heavy atom. The molecule has 4 rings (SSSR count). The second-order valence-electron chi connectivity index (χ2n) is 5.78. The Kier molecular flexibility index (Phi) is 3.88. The summed E-state index contributed by atoms with van der Waals surface area (Å²) in [4.78, 5) is 15.9. The topological polar surface area (TPSA) is 100 Å². The third kappa shape index (κ3) is 2.90. The first kappa shape index (κ1) is 15.9. The van der Waals surface area contributed by atoms with E-state index in [1.54, 1.807) is 10.7 Å². The first-order valence-electron chi connectivity index (χ1n) is 7.86. The molecule has 0 spiro atoms. The molecule has 0 fully saturated rings. The Morgan fingerprint density at radius 2 is 2.08 bits per heavy atom. The van der Waals surface area contributed by atoms with Gasteiger partial charge in [-0.1, -0.05) is 17.3 Å². The zero-order valence-corrected chi connectivity index (χ0v) is 13.7. The Hall–Kier alpha value is -3.62. The van der Waals surface area contributed by atoms with Gasteiger partial charge in [-0.15, -0.1) is 10.0 Å². The number of nitrogens with one attached hydrogen (secondary N) is 2. The van der Waals surface area contributed by atoms with Crippen LogP contribution < -0.4 is 5.32 Å². The Balaban J connectivity index is 1.79. The average Bonchev–Trinajstić information content (AvgIpc) is 3.26. The molecular weight excluding hydrogens is 337 g/mol. The van der Waals surface area contributed by atoms with Crippen molar-refractivity contribution in [3.8, 4) is 0 Å². The van der Waals surface area contributed by atoms with Crippen molar-refractivity contribution in [1.29, 1.82) is 0 Å². The highest BCUT2D eigenvalue weighted by atomic mass is 19.1. The van der Waals surface area contributed by atoms with E-state index in [-0.39, 0.29) is 5.82 Å². The lowest BCUT2D eigenvalue weighted by atomic mass is 10.1. The highest BCUT2D eigenvalue weighted by Gasteiger charge is 2.21. The molecule has 0 amide bonds. The lowest BCUT2D eigenvalue weighted by molar-refractivity contribution is 0.625. The summed E-state index contributed by atoms with van der Waals surface area (Å²) in [6.07, 6.45) is 1.74. The number of hydrogen-bond donors (Lipinski definition) is 2. The van der Waals surface area contributed by atoms with Crippen LogP contribution in [0.3, 0.4) is 0 Å². The van der Waals surface area contributed by atoms with E-state index in [9.17, 15) is 9.30 Å². The number of aryl methyl sites for hydroxylation is 1. The third-order valence-corrected chi connectivity index (χ3v) is 3.90. The number of anilines is 2. The molecule has 0 saturated heterocycles. The van der Waals surface area contributed by atoms with Gasteiger partial charge in [-0.2, -0.15) is 5.10 Å². The molecule has 0 bridgehead atoms. The first-order chi connectivity index (χ1) is 12.6. The summed E-state index contributed by atoms with van der Waals surface area (Å²) in [5.41, 5.74) is 2.12. The second-order valence-corrected chi connectivity index (χ2v) is 5.78. The molecule has 2 N–H and O–H groups in total. The van der Waals surface area contributed by atoms with Crippen molar-refractivity contribution in [2.45, 2.75) is 13.0 Å². The number of aromatic amines is 1. The maximum atomic E-state index is 13.2. The Labute approximate surface area is 147 Å². The van der Waals surface area contributed by atoms with Gasteiger partial charge in [0, 0.05) is 18.0 Å². The molecule has 0 aliphatic heterocycles. The maximum Gasteiger partial charge on any atom is 0.184 e. The van der Waals surface area contributed by atoms with Gasteiger partial charge in [-0.05, 0) is 36.8 Å². The molecule has 1 aromatic carbocycles. The molecule has 0 saturated carbocycles. The number of aromatic nitrogens is 5. The molecule has 0 aliphatic carbocycles. The number of nitrogens with zero attached hydrogens (tertiary/aromatic N) is 5. The van der Waals surface area contributed by atoms with Gasteiger partial charge < -0.3 is 5.32 Å². The minimum atomic E-state index is -0.955. The van der Waals surface area contributed by atoms with Crippen molar-refractivity contribution in [3.63, 3.8) is 0 Å². The van der Waals surface area contributed by atoms with E-state index in [0.29, 0.717) is 17.2 Å². The van der Waals surface area contributed by atoms with Crippen molar-refractivity contribution < 1.29 is 4.39 Å². The van der Waals surface area contributed by atoms with E-state index in [2.05, 4.69) is 30.8 Å². The second kappa shape index (κ2) is 6.36. The minimum Gasteiger partial charge on any atom is -0.322 e. The molecule has 0 radical (unpaired) electrons. The van der Waals surface area contributed by atoms with Crippen molar-refractivity contribution in [2.75, 3.05) is 5.32 Å². The van der Waals surface area contributed by atoms with E-state index >= 15 is 0 Å². The van der Waals surface area contributed by atoms with Crippen molar-refractivity contribution in [2.24, 2.45) is 5.18 Å². The minimum absolute atomic E-state index is 0.199. The number of rotatable bonds is 5. The van der Waals surface area contributed by atoms with Crippen LogP contribution in [-0.4, -0.2) is 24.8 Å². The van der Waals surface area contributed by atoms with E-state index < -0.39 is 11.9 Å². The van der Waals surface area contributed by atoms with E-state index in [1.807, 2.05) is 25.1 Å². The average molecular weight is 351 g/mol. The lowest BCUT2D eigenvalue weighted by Gasteiger charge is -2.12. The molecule has 26 heavy (non-hydrogen) atoms. The quantitative estimate of drug-likeness (QED) is 0.536. The standard InChI is InChI=1S/C17H14FN7O/c1-10-9-14(22-21-10)19-16-13-3-2-8-25(13)23-17(20-16)15(24-26)11-4-6-12(18)7-5-11/h2-9,15H,1H3,(H2,19,20,21,22,23). The van der Waals surface area contributed by atoms with Crippen LogP contribution in [0.4, 0.5) is 16.0 Å². The fourth-order valence-electron chi connectivity index (χ4n) is 2.66. The Morgan fingerprint density at radius 1 is 1.27 bits per heavy atom. The fraction of sp³-hybridized carbons (Fsp3) is 0.118. The number of fused-ring (bicyclic) bond motifs is 1. The highest BCUT2D eigenvalue weighted by Crippen LogP contribution is 2.27. The summed E-state index contributed by atoms with van der Waals surface area (Å²) in [5, 5.41) is 17.6. The van der Waals surface area contributed by atoms with Crippen LogP contribution in [0.5, 0.6) is 0 Å². The lowest BCUT2D eigenvalue weighted by Crippen LogP contribution is -2.10. The number of benzene rings is 1. The van der Waals surface area contributed by atoms with Crippen molar-refractivity contribution >= 4 is 17.2 Å². The third-order valence-electron chi connectivity index (χ3n) is 3.90. The predicted octanol–water partition coefficient (Wildman–Crippen LogP) is 3.50. The summed E-state index contributed by atoms with van der Waals surface area (Å²) in [6, 6.07) is 10.1. The van der Waals surface area contributed by atoms with E-state index in [1.165, 1.54) is 24.3 Å². The molecule has 130 valence electrons. The first-order valence-corrected chi connectivity index (χ1v) is 7.86. The summed E-state index contributed by atoms with van der Waals surface area (Å²) >= 11 is 0.